The van der Waals surface area contributed by atoms with Crippen LogP contribution >= 0.6 is 0 Å². The van der Waals surface area contributed by atoms with Crippen LogP contribution in [-0.4, -0.2) is 40.3 Å². The molecule has 0 radical (unpaired) electrons. The molecule has 4 heteroatoms. The number of fused-ring (bicyclic) bond motifs is 1. The normalized spacial score (nSPS) is 18.0. The molecule has 1 saturated heterocycles. The molecule has 3 nitrogen and oxygen atoms in total. The van der Waals surface area contributed by atoms with Crippen molar-refractivity contribution in [3.05, 3.63) is 35.3 Å². The van der Waals surface area contributed by atoms with Gasteiger partial charge in [-0.3, -0.25) is 0 Å². The molecule has 3 rings (SSSR count). The van der Waals surface area contributed by atoms with Crippen molar-refractivity contribution in [1.29, 1.82) is 0 Å². The van der Waals surface area contributed by atoms with Gasteiger partial charge >= 0.3 is 0 Å². The molecule has 1 fully saturated rings. The number of benzene rings is 1. The van der Waals surface area contributed by atoms with Crippen molar-refractivity contribution in [3.63, 3.8) is 0 Å². The van der Waals surface area contributed by atoms with Gasteiger partial charge in [0.05, 0.1) is 12.6 Å². The summed E-state index contributed by atoms with van der Waals surface area (Å²) in [5.41, 5.74) is 3.21. The van der Waals surface area contributed by atoms with Crippen molar-refractivity contribution in [1.82, 2.24) is 9.47 Å². The highest BCUT2D eigenvalue weighted by Gasteiger charge is 2.18. The minimum Gasteiger partial charge on any atom is -0.390 e. The molecule has 1 aromatic heterocycles. The highest BCUT2D eigenvalue weighted by molar-refractivity contribution is 5.85. The summed E-state index contributed by atoms with van der Waals surface area (Å²) in [6.45, 7) is 7.53. The number of halogens is 1. The number of hydrogen-bond donors (Lipinski definition) is 1. The summed E-state index contributed by atoms with van der Waals surface area (Å²) >= 11 is 0. The van der Waals surface area contributed by atoms with Crippen LogP contribution in [0, 0.1) is 19.7 Å². The summed E-state index contributed by atoms with van der Waals surface area (Å²) in [5.74, 6) is -0.207. The molecule has 0 saturated carbocycles. The summed E-state index contributed by atoms with van der Waals surface area (Å²) in [7, 11) is 0. The van der Waals surface area contributed by atoms with Gasteiger partial charge in [-0.15, -0.1) is 0 Å². The van der Waals surface area contributed by atoms with Crippen LogP contribution in [0.4, 0.5) is 4.39 Å². The third kappa shape index (κ3) is 3.03. The minimum atomic E-state index is -0.392. The Morgan fingerprint density at radius 3 is 2.59 bits per heavy atom. The van der Waals surface area contributed by atoms with Crippen LogP contribution in [0.25, 0.3) is 10.9 Å². The number of hydrogen-bond acceptors (Lipinski definition) is 2. The second-order valence-corrected chi connectivity index (χ2v) is 6.50. The van der Waals surface area contributed by atoms with E-state index in [0.29, 0.717) is 6.54 Å². The van der Waals surface area contributed by atoms with Crippen LogP contribution in [-0.2, 0) is 6.54 Å². The lowest BCUT2D eigenvalue weighted by Crippen LogP contribution is -2.38. The maximum absolute atomic E-state index is 13.5. The van der Waals surface area contributed by atoms with Gasteiger partial charge in [0.2, 0.25) is 0 Å². The summed E-state index contributed by atoms with van der Waals surface area (Å²) in [4.78, 5) is 2.35. The summed E-state index contributed by atoms with van der Waals surface area (Å²) in [6, 6.07) is 4.90. The predicted octanol–water partition coefficient (Wildman–Crippen LogP) is 3.24. The third-order valence-corrected chi connectivity index (χ3v) is 4.91. The zero-order chi connectivity index (χ0) is 15.7. The predicted molar refractivity (Wildman–Crippen MR) is 87.7 cm³/mol. The van der Waals surface area contributed by atoms with Gasteiger partial charge in [-0.2, -0.15) is 0 Å². The van der Waals surface area contributed by atoms with Crippen LogP contribution in [0.2, 0.25) is 0 Å². The van der Waals surface area contributed by atoms with Gasteiger partial charge in [0, 0.05) is 23.1 Å². The molecule has 1 unspecified atom stereocenters. The van der Waals surface area contributed by atoms with Gasteiger partial charge in [-0.25, -0.2) is 4.39 Å². The van der Waals surface area contributed by atoms with E-state index >= 15 is 0 Å². The quantitative estimate of drug-likeness (QED) is 0.939. The van der Waals surface area contributed by atoms with E-state index in [1.165, 1.54) is 25.3 Å². The summed E-state index contributed by atoms with van der Waals surface area (Å²) in [6.07, 6.45) is 3.38. The van der Waals surface area contributed by atoms with E-state index in [9.17, 15) is 9.50 Å². The first kappa shape index (κ1) is 15.5. The molecule has 1 N–H and O–H groups in total. The zero-order valence-corrected chi connectivity index (χ0v) is 13.5. The summed E-state index contributed by atoms with van der Waals surface area (Å²) < 4.78 is 15.6. The number of likely N-dealkylation sites (tertiary alicyclic amines) is 1. The van der Waals surface area contributed by atoms with Gasteiger partial charge in [0.1, 0.15) is 5.82 Å². The second kappa shape index (κ2) is 6.39. The van der Waals surface area contributed by atoms with Crippen molar-refractivity contribution < 1.29 is 9.50 Å². The fourth-order valence-corrected chi connectivity index (χ4v) is 3.57. The van der Waals surface area contributed by atoms with Crippen LogP contribution in [0.3, 0.4) is 0 Å². The van der Waals surface area contributed by atoms with E-state index < -0.39 is 6.10 Å². The average molecular weight is 304 g/mol. The Morgan fingerprint density at radius 1 is 1.14 bits per heavy atom. The Morgan fingerprint density at radius 2 is 1.86 bits per heavy atom. The topological polar surface area (TPSA) is 28.4 Å². The molecule has 1 atom stereocenters. The largest absolute Gasteiger partial charge is 0.390 e. The minimum absolute atomic E-state index is 0.207. The Kier molecular flexibility index (Phi) is 4.50. The third-order valence-electron chi connectivity index (χ3n) is 4.91. The van der Waals surface area contributed by atoms with Crippen LogP contribution in [0.5, 0.6) is 0 Å². The van der Waals surface area contributed by atoms with Gasteiger partial charge in [-0.05, 0) is 63.5 Å². The van der Waals surface area contributed by atoms with E-state index in [-0.39, 0.29) is 5.82 Å². The van der Waals surface area contributed by atoms with Crippen LogP contribution in [0.1, 0.15) is 30.5 Å². The maximum Gasteiger partial charge on any atom is 0.123 e. The second-order valence-electron chi connectivity index (χ2n) is 6.50. The fourth-order valence-electron chi connectivity index (χ4n) is 3.57. The van der Waals surface area contributed by atoms with Crippen LogP contribution in [0.15, 0.2) is 18.2 Å². The fraction of sp³-hybridized carbons (Fsp3) is 0.556. The Hall–Kier alpha value is -1.39. The smallest absolute Gasteiger partial charge is 0.123 e. The molecule has 1 aliphatic heterocycles. The molecule has 2 aromatic rings. The van der Waals surface area contributed by atoms with Crippen molar-refractivity contribution in [2.24, 2.45) is 0 Å². The maximum atomic E-state index is 13.5. The van der Waals surface area contributed by atoms with Gasteiger partial charge in [0.15, 0.2) is 0 Å². The summed E-state index contributed by atoms with van der Waals surface area (Å²) in [5, 5.41) is 11.4. The first-order chi connectivity index (χ1) is 10.6. The Labute approximate surface area is 131 Å². The molecule has 0 aliphatic carbocycles. The number of aliphatic hydroxyl groups excluding tert-OH is 1. The van der Waals surface area contributed by atoms with Crippen molar-refractivity contribution in [2.45, 2.75) is 45.8 Å². The molecular weight excluding hydrogens is 279 g/mol. The van der Waals surface area contributed by atoms with E-state index in [2.05, 4.69) is 9.47 Å². The highest BCUT2D eigenvalue weighted by Crippen LogP contribution is 2.26. The van der Waals surface area contributed by atoms with E-state index in [1.807, 2.05) is 19.9 Å². The molecule has 120 valence electrons. The standard InChI is InChI=1S/C18H25FN2O/c1-13-14(2)21(18-7-6-15(19)10-17(13)18)12-16(22)11-20-8-4-3-5-9-20/h6-7,10,16,22H,3-5,8-9,11-12H2,1-2H3. The highest BCUT2D eigenvalue weighted by atomic mass is 19.1. The van der Waals surface area contributed by atoms with Crippen molar-refractivity contribution in [2.75, 3.05) is 19.6 Å². The molecule has 1 aromatic carbocycles. The molecule has 0 spiro atoms. The van der Waals surface area contributed by atoms with E-state index in [1.54, 1.807) is 6.07 Å². The molecular formula is C18H25FN2O. The number of rotatable bonds is 4. The number of aromatic nitrogens is 1. The molecule has 1 aliphatic rings. The first-order valence-electron chi connectivity index (χ1n) is 8.21. The van der Waals surface area contributed by atoms with Gasteiger partial charge in [0.25, 0.3) is 0 Å². The van der Waals surface area contributed by atoms with E-state index in [0.717, 1.165) is 41.8 Å². The van der Waals surface area contributed by atoms with Gasteiger partial charge < -0.3 is 14.6 Å². The number of piperidine rings is 1. The van der Waals surface area contributed by atoms with Crippen molar-refractivity contribution >= 4 is 10.9 Å². The first-order valence-corrected chi connectivity index (χ1v) is 8.21. The molecule has 0 bridgehead atoms. The SMILES string of the molecule is Cc1c(C)n(CC(O)CN2CCCCC2)c2ccc(F)cc12. The number of nitrogens with zero attached hydrogens (tertiary/aromatic N) is 2. The molecule has 22 heavy (non-hydrogen) atoms. The number of aliphatic hydroxyl groups is 1. The zero-order valence-electron chi connectivity index (χ0n) is 13.5. The molecule has 0 amide bonds. The Bertz CT molecular complexity index is 659. The van der Waals surface area contributed by atoms with Gasteiger partial charge in [-0.1, -0.05) is 6.42 Å². The lowest BCUT2D eigenvalue weighted by Gasteiger charge is -2.28. The monoisotopic (exact) mass is 304 g/mol. The Balaban J connectivity index is 1.79. The van der Waals surface area contributed by atoms with Crippen molar-refractivity contribution in [3.8, 4) is 0 Å². The van der Waals surface area contributed by atoms with E-state index in [4.69, 9.17) is 0 Å². The number of aryl methyl sites for hydroxylation is 1. The lowest BCUT2D eigenvalue weighted by molar-refractivity contribution is 0.0888. The number of β-amino-alcohol motifs (C(OH)–C–C–N with tert-alkyl or cyclic N) is 1. The lowest BCUT2D eigenvalue weighted by atomic mass is 10.1. The molecule has 2 heterocycles. The average Bonchev–Trinajstić information content (AvgIpc) is 2.73. The van der Waals surface area contributed by atoms with Crippen LogP contribution < -0.4 is 0 Å².